The van der Waals surface area contributed by atoms with E-state index in [1.165, 1.54) is 0 Å². The van der Waals surface area contributed by atoms with Crippen LogP contribution in [0.4, 0.5) is 0 Å². The minimum absolute atomic E-state index is 0.109. The predicted molar refractivity (Wildman–Crippen MR) is 71.0 cm³/mol. The minimum atomic E-state index is -0.774. The van der Waals surface area contributed by atoms with Gasteiger partial charge in [0.05, 0.1) is 20.8 Å². The first-order valence-electron chi connectivity index (χ1n) is 6.29. The van der Waals surface area contributed by atoms with E-state index in [9.17, 15) is 4.79 Å². The first-order valence-corrected chi connectivity index (χ1v) is 6.29. The Morgan fingerprint density at radius 3 is 2.47 bits per heavy atom. The average Bonchev–Trinajstić information content (AvgIpc) is 2.85. The van der Waals surface area contributed by atoms with Crippen LogP contribution in [-0.2, 0) is 4.79 Å². The molecule has 1 heterocycles. The van der Waals surface area contributed by atoms with Crippen LogP contribution in [0.5, 0.6) is 11.5 Å². The zero-order valence-electron chi connectivity index (χ0n) is 11.3. The van der Waals surface area contributed by atoms with Crippen molar-refractivity contribution in [3.63, 3.8) is 0 Å². The molecule has 1 saturated heterocycles. The average molecular weight is 265 g/mol. The summed E-state index contributed by atoms with van der Waals surface area (Å²) < 4.78 is 10.5. The van der Waals surface area contributed by atoms with E-state index in [0.717, 1.165) is 36.6 Å². The van der Waals surface area contributed by atoms with E-state index < -0.39 is 5.97 Å². The number of benzene rings is 1. The summed E-state index contributed by atoms with van der Waals surface area (Å²) in [5.74, 6) is 1.10. The van der Waals surface area contributed by atoms with Crippen molar-refractivity contribution in [2.45, 2.75) is 12.3 Å². The topological polar surface area (TPSA) is 59.0 Å². The third kappa shape index (κ3) is 3.38. The molecule has 19 heavy (non-hydrogen) atoms. The summed E-state index contributed by atoms with van der Waals surface area (Å²) >= 11 is 0. The lowest BCUT2D eigenvalue weighted by Crippen LogP contribution is -2.27. The Balaban J connectivity index is 2.12. The van der Waals surface area contributed by atoms with Crippen LogP contribution < -0.4 is 9.47 Å². The van der Waals surface area contributed by atoms with Crippen molar-refractivity contribution in [2.24, 2.45) is 0 Å². The van der Waals surface area contributed by atoms with Gasteiger partial charge in [0.2, 0.25) is 0 Å². The lowest BCUT2D eigenvalue weighted by Gasteiger charge is -2.15. The summed E-state index contributed by atoms with van der Waals surface area (Å²) in [6, 6.07) is 5.84. The molecule has 0 amide bonds. The highest BCUT2D eigenvalue weighted by Crippen LogP contribution is 2.32. The van der Waals surface area contributed by atoms with E-state index in [2.05, 4.69) is 0 Å². The number of nitrogens with zero attached hydrogens (tertiary/aromatic N) is 1. The Hall–Kier alpha value is -1.75. The van der Waals surface area contributed by atoms with Crippen molar-refractivity contribution in [3.05, 3.63) is 23.8 Å². The molecule has 1 aromatic rings. The summed E-state index contributed by atoms with van der Waals surface area (Å²) in [5.41, 5.74) is 1.14. The van der Waals surface area contributed by atoms with Crippen LogP contribution in [0.2, 0.25) is 0 Å². The van der Waals surface area contributed by atoms with E-state index in [4.69, 9.17) is 14.6 Å². The SMILES string of the molecule is COc1cc(OC)cc(C2CCN(CC(=O)O)C2)c1. The molecule has 1 N–H and O–H groups in total. The minimum Gasteiger partial charge on any atom is -0.497 e. The van der Waals surface area contributed by atoms with Crippen LogP contribution >= 0.6 is 0 Å². The number of aliphatic carboxylic acids is 1. The monoisotopic (exact) mass is 265 g/mol. The van der Waals surface area contributed by atoms with Gasteiger partial charge in [-0.3, -0.25) is 9.69 Å². The fraction of sp³-hybridized carbons (Fsp3) is 0.500. The molecule has 1 unspecified atom stereocenters. The summed E-state index contributed by atoms with van der Waals surface area (Å²) in [6.45, 7) is 1.69. The normalized spacial score (nSPS) is 19.4. The Kier molecular flexibility index (Phi) is 4.27. The zero-order chi connectivity index (χ0) is 13.8. The fourth-order valence-electron chi connectivity index (χ4n) is 2.50. The molecular formula is C14H19NO4. The maximum absolute atomic E-state index is 10.7. The van der Waals surface area contributed by atoms with Crippen LogP contribution in [0.15, 0.2) is 18.2 Å². The van der Waals surface area contributed by atoms with E-state index >= 15 is 0 Å². The van der Waals surface area contributed by atoms with Gasteiger partial charge < -0.3 is 14.6 Å². The third-order valence-electron chi connectivity index (χ3n) is 3.48. The van der Waals surface area contributed by atoms with E-state index in [-0.39, 0.29) is 6.54 Å². The Morgan fingerprint density at radius 1 is 1.32 bits per heavy atom. The Morgan fingerprint density at radius 2 is 1.95 bits per heavy atom. The smallest absolute Gasteiger partial charge is 0.317 e. The molecular weight excluding hydrogens is 246 g/mol. The lowest BCUT2D eigenvalue weighted by molar-refractivity contribution is -0.138. The number of likely N-dealkylation sites (tertiary alicyclic amines) is 1. The summed E-state index contributed by atoms with van der Waals surface area (Å²) in [6.07, 6.45) is 0.962. The van der Waals surface area contributed by atoms with E-state index in [1.807, 2.05) is 23.1 Å². The van der Waals surface area contributed by atoms with Gasteiger partial charge in [-0.05, 0) is 36.6 Å². The Bertz CT molecular complexity index is 439. The lowest BCUT2D eigenvalue weighted by atomic mass is 9.98. The number of methoxy groups -OCH3 is 2. The van der Waals surface area contributed by atoms with Gasteiger partial charge >= 0.3 is 5.97 Å². The number of carboxylic acid groups (broad SMARTS) is 1. The molecule has 104 valence electrons. The number of hydrogen-bond donors (Lipinski definition) is 1. The van der Waals surface area contributed by atoms with Gasteiger partial charge in [0.25, 0.3) is 0 Å². The zero-order valence-corrected chi connectivity index (χ0v) is 11.3. The molecule has 1 atom stereocenters. The highest BCUT2D eigenvalue weighted by molar-refractivity contribution is 5.69. The fourth-order valence-corrected chi connectivity index (χ4v) is 2.50. The van der Waals surface area contributed by atoms with Crippen molar-refractivity contribution >= 4 is 5.97 Å². The van der Waals surface area contributed by atoms with Gasteiger partial charge in [-0.25, -0.2) is 0 Å². The molecule has 2 rings (SSSR count). The van der Waals surface area contributed by atoms with Crippen molar-refractivity contribution < 1.29 is 19.4 Å². The van der Waals surface area contributed by atoms with Crippen LogP contribution in [0.1, 0.15) is 17.9 Å². The van der Waals surface area contributed by atoms with Crippen molar-refractivity contribution in [1.82, 2.24) is 4.90 Å². The van der Waals surface area contributed by atoms with Gasteiger partial charge in [-0.15, -0.1) is 0 Å². The highest BCUT2D eigenvalue weighted by atomic mass is 16.5. The summed E-state index contributed by atoms with van der Waals surface area (Å²) in [4.78, 5) is 12.7. The second kappa shape index (κ2) is 5.93. The summed E-state index contributed by atoms with van der Waals surface area (Å²) in [7, 11) is 3.26. The number of ether oxygens (including phenoxy) is 2. The number of carboxylic acids is 1. The molecule has 0 radical (unpaired) electrons. The quantitative estimate of drug-likeness (QED) is 0.876. The number of hydrogen-bond acceptors (Lipinski definition) is 4. The van der Waals surface area contributed by atoms with Gasteiger partial charge in [-0.2, -0.15) is 0 Å². The molecule has 5 nitrogen and oxygen atoms in total. The largest absolute Gasteiger partial charge is 0.497 e. The van der Waals surface area contributed by atoms with Crippen molar-refractivity contribution in [2.75, 3.05) is 33.9 Å². The molecule has 0 aromatic heterocycles. The molecule has 1 fully saturated rings. The van der Waals surface area contributed by atoms with E-state index in [0.29, 0.717) is 5.92 Å². The van der Waals surface area contributed by atoms with Crippen LogP contribution in [0.3, 0.4) is 0 Å². The molecule has 0 spiro atoms. The van der Waals surface area contributed by atoms with Gasteiger partial charge in [-0.1, -0.05) is 0 Å². The molecule has 1 aromatic carbocycles. The number of rotatable bonds is 5. The molecule has 0 saturated carbocycles. The number of carbonyl (C=O) groups is 1. The molecule has 0 bridgehead atoms. The van der Waals surface area contributed by atoms with Crippen LogP contribution in [0, 0.1) is 0 Å². The second-order valence-electron chi connectivity index (χ2n) is 4.76. The Labute approximate surface area is 112 Å². The standard InChI is InChI=1S/C14H19NO4/c1-18-12-5-11(6-13(7-12)19-2)10-3-4-15(8-10)9-14(16)17/h5-7,10H,3-4,8-9H2,1-2H3,(H,16,17). The maximum atomic E-state index is 10.7. The van der Waals surface area contributed by atoms with Crippen LogP contribution in [0.25, 0.3) is 0 Å². The first kappa shape index (κ1) is 13.7. The second-order valence-corrected chi connectivity index (χ2v) is 4.76. The van der Waals surface area contributed by atoms with Crippen molar-refractivity contribution in [3.8, 4) is 11.5 Å². The van der Waals surface area contributed by atoms with Gasteiger partial charge in [0.15, 0.2) is 0 Å². The third-order valence-corrected chi connectivity index (χ3v) is 3.48. The predicted octanol–water partition coefficient (Wildman–Crippen LogP) is 1.58. The highest BCUT2D eigenvalue weighted by Gasteiger charge is 2.25. The summed E-state index contributed by atoms with van der Waals surface area (Å²) in [5, 5.41) is 8.81. The van der Waals surface area contributed by atoms with Crippen molar-refractivity contribution in [1.29, 1.82) is 0 Å². The molecule has 0 aliphatic carbocycles. The van der Waals surface area contributed by atoms with Gasteiger partial charge in [0.1, 0.15) is 11.5 Å². The molecule has 1 aliphatic heterocycles. The van der Waals surface area contributed by atoms with E-state index in [1.54, 1.807) is 14.2 Å². The van der Waals surface area contributed by atoms with Crippen LogP contribution in [-0.4, -0.2) is 49.8 Å². The molecule has 5 heteroatoms. The first-order chi connectivity index (χ1) is 9.12. The van der Waals surface area contributed by atoms with Gasteiger partial charge in [0, 0.05) is 12.6 Å². The molecule has 1 aliphatic rings. The maximum Gasteiger partial charge on any atom is 0.317 e.